The van der Waals surface area contributed by atoms with Gasteiger partial charge in [0.25, 0.3) is 0 Å². The lowest BCUT2D eigenvalue weighted by atomic mass is 9.76. The van der Waals surface area contributed by atoms with Gasteiger partial charge in [0, 0.05) is 23.5 Å². The maximum atomic E-state index is 6.45. The van der Waals surface area contributed by atoms with Crippen LogP contribution in [0.4, 0.5) is 5.82 Å². The Bertz CT molecular complexity index is 1050. The van der Waals surface area contributed by atoms with E-state index in [2.05, 4.69) is 30.9 Å². The molecular formula is C26H29Cl2N3S. The molecule has 0 atom stereocenters. The van der Waals surface area contributed by atoms with Crippen molar-refractivity contribution in [3.8, 4) is 11.3 Å². The second-order valence-electron chi connectivity index (χ2n) is 8.80. The summed E-state index contributed by atoms with van der Waals surface area (Å²) in [7, 11) is 0. The Labute approximate surface area is 205 Å². The first-order valence-corrected chi connectivity index (χ1v) is 12.9. The summed E-state index contributed by atoms with van der Waals surface area (Å²) in [6.07, 6.45) is 8.19. The second-order valence-corrected chi connectivity index (χ2v) is 10.6. The standard InChI is InChI=1S/C26H29Cl2N3S/c1-3-4-13-26(2)14-16-31(17-15-26)22-18-29-25(24(30-22)19-9-6-5-7-10-19)32-21-12-8-11-20(27)23(21)28/h5-12,18H,3-4,13-17H2,1-2H3. The van der Waals surface area contributed by atoms with Gasteiger partial charge in [-0.3, -0.25) is 0 Å². The van der Waals surface area contributed by atoms with E-state index in [1.165, 1.54) is 43.9 Å². The molecule has 0 saturated carbocycles. The molecule has 6 heteroatoms. The van der Waals surface area contributed by atoms with Gasteiger partial charge in [-0.05, 0) is 36.8 Å². The monoisotopic (exact) mass is 485 g/mol. The van der Waals surface area contributed by atoms with Crippen molar-refractivity contribution in [1.29, 1.82) is 0 Å². The molecule has 0 amide bonds. The minimum atomic E-state index is 0.446. The molecule has 0 N–H and O–H groups in total. The minimum absolute atomic E-state index is 0.446. The van der Waals surface area contributed by atoms with E-state index >= 15 is 0 Å². The van der Waals surface area contributed by atoms with E-state index in [1.807, 2.05) is 36.5 Å². The Hall–Kier alpha value is -1.75. The highest BCUT2D eigenvalue weighted by atomic mass is 35.5. The van der Waals surface area contributed by atoms with E-state index in [1.54, 1.807) is 6.07 Å². The predicted octanol–water partition coefficient (Wildman–Crippen LogP) is 8.40. The van der Waals surface area contributed by atoms with Crippen LogP contribution in [0.15, 0.2) is 64.6 Å². The summed E-state index contributed by atoms with van der Waals surface area (Å²) in [4.78, 5) is 13.2. The number of hydrogen-bond acceptors (Lipinski definition) is 4. The zero-order chi connectivity index (χ0) is 22.6. The molecule has 1 saturated heterocycles. The largest absolute Gasteiger partial charge is 0.355 e. The van der Waals surface area contributed by atoms with Gasteiger partial charge >= 0.3 is 0 Å². The highest BCUT2D eigenvalue weighted by Crippen LogP contribution is 2.41. The first-order chi connectivity index (χ1) is 15.5. The van der Waals surface area contributed by atoms with E-state index in [-0.39, 0.29) is 0 Å². The van der Waals surface area contributed by atoms with Crippen LogP contribution in [0.3, 0.4) is 0 Å². The Morgan fingerprint density at radius 3 is 2.50 bits per heavy atom. The number of hydrogen-bond donors (Lipinski definition) is 0. The fourth-order valence-electron chi connectivity index (χ4n) is 4.18. The van der Waals surface area contributed by atoms with Gasteiger partial charge < -0.3 is 4.90 Å². The highest BCUT2D eigenvalue weighted by Gasteiger charge is 2.30. The predicted molar refractivity (Wildman–Crippen MR) is 137 cm³/mol. The lowest BCUT2D eigenvalue weighted by Crippen LogP contribution is -2.39. The van der Waals surface area contributed by atoms with Crippen LogP contribution in [0.25, 0.3) is 11.3 Å². The summed E-state index contributed by atoms with van der Waals surface area (Å²) in [5.41, 5.74) is 2.37. The van der Waals surface area contributed by atoms with Crippen LogP contribution in [-0.4, -0.2) is 23.1 Å². The first-order valence-electron chi connectivity index (χ1n) is 11.3. The van der Waals surface area contributed by atoms with Gasteiger partial charge in [0.05, 0.1) is 16.2 Å². The highest BCUT2D eigenvalue weighted by molar-refractivity contribution is 7.99. The molecule has 0 aliphatic carbocycles. The molecule has 168 valence electrons. The van der Waals surface area contributed by atoms with Crippen LogP contribution in [0.2, 0.25) is 10.0 Å². The van der Waals surface area contributed by atoms with E-state index in [9.17, 15) is 0 Å². The number of rotatable bonds is 7. The first kappa shape index (κ1) is 23.4. The fraction of sp³-hybridized carbons (Fsp3) is 0.385. The number of nitrogens with zero attached hydrogens (tertiary/aromatic N) is 3. The minimum Gasteiger partial charge on any atom is -0.355 e. The molecule has 0 radical (unpaired) electrons. The molecule has 1 fully saturated rings. The quantitative estimate of drug-likeness (QED) is 0.335. The average molecular weight is 487 g/mol. The number of anilines is 1. The number of unbranched alkanes of at least 4 members (excludes halogenated alkanes) is 1. The normalized spacial score (nSPS) is 15.7. The molecule has 32 heavy (non-hydrogen) atoms. The van der Waals surface area contributed by atoms with Gasteiger partial charge in [0.2, 0.25) is 0 Å². The maximum Gasteiger partial charge on any atom is 0.147 e. The Morgan fingerprint density at radius 2 is 1.78 bits per heavy atom. The third kappa shape index (κ3) is 5.41. The van der Waals surface area contributed by atoms with Crippen molar-refractivity contribution < 1.29 is 0 Å². The molecule has 3 aromatic rings. The summed E-state index contributed by atoms with van der Waals surface area (Å²) < 4.78 is 0. The van der Waals surface area contributed by atoms with Crippen LogP contribution in [0.1, 0.15) is 46.0 Å². The Kier molecular flexibility index (Phi) is 7.65. The lowest BCUT2D eigenvalue weighted by Gasteiger charge is -2.40. The van der Waals surface area contributed by atoms with Gasteiger partial charge in [-0.15, -0.1) is 0 Å². The SMILES string of the molecule is CCCCC1(C)CCN(c2cnc(Sc3cccc(Cl)c3Cl)c(-c3ccccc3)n2)CC1. The van der Waals surface area contributed by atoms with Crippen molar-refractivity contribution in [2.24, 2.45) is 5.41 Å². The van der Waals surface area contributed by atoms with E-state index in [4.69, 9.17) is 33.2 Å². The summed E-state index contributed by atoms with van der Waals surface area (Å²) in [5, 5.41) is 1.92. The number of piperidine rings is 1. The summed E-state index contributed by atoms with van der Waals surface area (Å²) in [6, 6.07) is 15.9. The smallest absolute Gasteiger partial charge is 0.147 e. The van der Waals surface area contributed by atoms with Crippen molar-refractivity contribution >= 4 is 40.8 Å². The molecule has 1 aromatic heterocycles. The Balaban J connectivity index is 1.62. The molecule has 4 rings (SSSR count). The zero-order valence-corrected chi connectivity index (χ0v) is 21.0. The molecule has 1 aliphatic rings. The maximum absolute atomic E-state index is 6.45. The molecular weight excluding hydrogens is 457 g/mol. The van der Waals surface area contributed by atoms with Crippen molar-refractivity contribution in [3.05, 3.63) is 64.8 Å². The fourth-order valence-corrected chi connectivity index (χ4v) is 5.57. The van der Waals surface area contributed by atoms with Crippen molar-refractivity contribution in [2.45, 2.75) is 55.9 Å². The van der Waals surface area contributed by atoms with Crippen LogP contribution in [0.5, 0.6) is 0 Å². The molecule has 3 nitrogen and oxygen atoms in total. The van der Waals surface area contributed by atoms with Crippen molar-refractivity contribution in [1.82, 2.24) is 9.97 Å². The zero-order valence-electron chi connectivity index (χ0n) is 18.7. The van der Waals surface area contributed by atoms with Gasteiger partial charge in [-0.25, -0.2) is 9.97 Å². The lowest BCUT2D eigenvalue weighted by molar-refractivity contribution is 0.221. The van der Waals surface area contributed by atoms with Crippen LogP contribution < -0.4 is 4.90 Å². The second kappa shape index (κ2) is 10.5. The third-order valence-electron chi connectivity index (χ3n) is 6.32. The van der Waals surface area contributed by atoms with Crippen molar-refractivity contribution in [2.75, 3.05) is 18.0 Å². The number of aromatic nitrogens is 2. The van der Waals surface area contributed by atoms with Crippen LogP contribution in [-0.2, 0) is 0 Å². The number of halogens is 2. The van der Waals surface area contributed by atoms with Gasteiger partial charge in [-0.1, -0.05) is 98.1 Å². The average Bonchev–Trinajstić information content (AvgIpc) is 2.82. The Morgan fingerprint density at radius 1 is 1.03 bits per heavy atom. The van der Waals surface area contributed by atoms with E-state index in [0.29, 0.717) is 15.5 Å². The van der Waals surface area contributed by atoms with Crippen LogP contribution in [0, 0.1) is 5.41 Å². The topological polar surface area (TPSA) is 29.0 Å². The van der Waals surface area contributed by atoms with Gasteiger partial charge in [-0.2, -0.15) is 0 Å². The van der Waals surface area contributed by atoms with Gasteiger partial charge in [0.1, 0.15) is 16.5 Å². The van der Waals surface area contributed by atoms with Crippen molar-refractivity contribution in [3.63, 3.8) is 0 Å². The summed E-state index contributed by atoms with van der Waals surface area (Å²) in [5.74, 6) is 0.947. The molecule has 2 aromatic carbocycles. The molecule has 0 unspecified atom stereocenters. The van der Waals surface area contributed by atoms with Crippen LogP contribution >= 0.6 is 35.0 Å². The molecule has 0 bridgehead atoms. The molecule has 2 heterocycles. The molecule has 0 spiro atoms. The third-order valence-corrected chi connectivity index (χ3v) is 8.31. The molecule has 1 aliphatic heterocycles. The summed E-state index contributed by atoms with van der Waals surface area (Å²) in [6.45, 7) is 6.76. The van der Waals surface area contributed by atoms with E-state index < -0.39 is 0 Å². The van der Waals surface area contributed by atoms with Gasteiger partial charge in [0.15, 0.2) is 0 Å². The number of benzene rings is 2. The summed E-state index contributed by atoms with van der Waals surface area (Å²) >= 11 is 14.2. The van der Waals surface area contributed by atoms with E-state index in [0.717, 1.165) is 40.1 Å².